The monoisotopic (exact) mass is 298 g/mol. The van der Waals surface area contributed by atoms with Crippen LogP contribution in [0.4, 0.5) is 0 Å². The number of hydrogen-bond donors (Lipinski definition) is 0. The van der Waals surface area contributed by atoms with Crippen molar-refractivity contribution in [2.45, 2.75) is 6.42 Å². The minimum Gasteiger partial charge on any atom is -0.496 e. The van der Waals surface area contributed by atoms with Crippen LogP contribution in [0.5, 0.6) is 5.75 Å². The molecule has 0 aliphatic heterocycles. The van der Waals surface area contributed by atoms with Gasteiger partial charge in [0.15, 0.2) is 0 Å². The predicted molar refractivity (Wildman–Crippen MR) is 97.3 cm³/mol. The number of methoxy groups -OCH3 is 1. The molecule has 0 amide bonds. The Morgan fingerprint density at radius 1 is 0.652 bits per heavy atom. The molecule has 0 aliphatic rings. The Kier molecular flexibility index (Phi) is 3.47. The summed E-state index contributed by atoms with van der Waals surface area (Å²) in [5.74, 6) is 0.949. The van der Waals surface area contributed by atoms with Gasteiger partial charge in [0.2, 0.25) is 0 Å². The van der Waals surface area contributed by atoms with Gasteiger partial charge in [-0.15, -0.1) is 0 Å². The van der Waals surface area contributed by atoms with E-state index in [1.165, 1.54) is 32.7 Å². The highest BCUT2D eigenvalue weighted by atomic mass is 16.5. The first-order chi connectivity index (χ1) is 11.3. The predicted octanol–water partition coefficient (Wildman–Crippen LogP) is 5.59. The van der Waals surface area contributed by atoms with Crippen LogP contribution < -0.4 is 4.74 Å². The molecule has 0 aromatic heterocycles. The van der Waals surface area contributed by atoms with Crippen molar-refractivity contribution in [2.75, 3.05) is 7.11 Å². The standard InChI is InChI=1S/C22H18O/c1-23-22-12-5-4-9-20(22)14-19-11-6-10-18-13-16-7-2-3-8-17(16)15-21(18)19/h2-13,15H,14H2,1H3. The maximum Gasteiger partial charge on any atom is 0.122 e. The molecule has 0 bridgehead atoms. The Morgan fingerprint density at radius 3 is 2.13 bits per heavy atom. The molecular weight excluding hydrogens is 280 g/mol. The summed E-state index contributed by atoms with van der Waals surface area (Å²) in [6.45, 7) is 0. The lowest BCUT2D eigenvalue weighted by Crippen LogP contribution is -1.94. The molecule has 23 heavy (non-hydrogen) atoms. The second-order valence-electron chi connectivity index (χ2n) is 5.83. The SMILES string of the molecule is COc1ccccc1Cc1cccc2cc3ccccc3cc12. The van der Waals surface area contributed by atoms with Crippen LogP contribution in [-0.2, 0) is 6.42 Å². The van der Waals surface area contributed by atoms with Crippen molar-refractivity contribution in [3.05, 3.63) is 90.0 Å². The molecule has 4 rings (SSSR count). The van der Waals surface area contributed by atoms with Crippen molar-refractivity contribution in [1.29, 1.82) is 0 Å². The van der Waals surface area contributed by atoms with Crippen molar-refractivity contribution in [2.24, 2.45) is 0 Å². The summed E-state index contributed by atoms with van der Waals surface area (Å²) in [7, 11) is 1.73. The first-order valence-corrected chi connectivity index (χ1v) is 7.87. The number of ether oxygens (including phenoxy) is 1. The van der Waals surface area contributed by atoms with Crippen LogP contribution in [0.2, 0.25) is 0 Å². The molecule has 0 aliphatic carbocycles. The first kappa shape index (κ1) is 13.8. The Morgan fingerprint density at radius 2 is 1.30 bits per heavy atom. The smallest absolute Gasteiger partial charge is 0.122 e. The third kappa shape index (κ3) is 2.55. The van der Waals surface area contributed by atoms with E-state index in [-0.39, 0.29) is 0 Å². The number of hydrogen-bond acceptors (Lipinski definition) is 1. The molecule has 4 aromatic carbocycles. The Labute approximate surface area is 136 Å². The topological polar surface area (TPSA) is 9.23 Å². The highest BCUT2D eigenvalue weighted by Crippen LogP contribution is 2.29. The van der Waals surface area contributed by atoms with Crippen molar-refractivity contribution in [1.82, 2.24) is 0 Å². The average molecular weight is 298 g/mol. The Hall–Kier alpha value is -2.80. The van der Waals surface area contributed by atoms with Crippen LogP contribution in [0.3, 0.4) is 0 Å². The van der Waals surface area contributed by atoms with E-state index in [2.05, 4.69) is 66.7 Å². The van der Waals surface area contributed by atoms with Gasteiger partial charge in [-0.25, -0.2) is 0 Å². The molecule has 112 valence electrons. The van der Waals surface area contributed by atoms with Gasteiger partial charge in [-0.3, -0.25) is 0 Å². The molecule has 1 nitrogen and oxygen atoms in total. The largest absolute Gasteiger partial charge is 0.496 e. The lowest BCUT2D eigenvalue weighted by atomic mass is 9.95. The van der Waals surface area contributed by atoms with Crippen molar-refractivity contribution in [3.8, 4) is 5.75 Å². The molecule has 4 aromatic rings. The van der Waals surface area contributed by atoms with E-state index in [9.17, 15) is 0 Å². The van der Waals surface area contributed by atoms with Gasteiger partial charge >= 0.3 is 0 Å². The molecule has 0 unspecified atom stereocenters. The quantitative estimate of drug-likeness (QED) is 0.448. The van der Waals surface area contributed by atoms with E-state index in [1.54, 1.807) is 7.11 Å². The summed E-state index contributed by atoms with van der Waals surface area (Å²) in [4.78, 5) is 0. The van der Waals surface area contributed by atoms with Crippen LogP contribution in [0.25, 0.3) is 21.5 Å². The third-order valence-corrected chi connectivity index (χ3v) is 4.41. The highest BCUT2D eigenvalue weighted by molar-refractivity contribution is 5.99. The Bertz CT molecular complexity index is 985. The van der Waals surface area contributed by atoms with E-state index < -0.39 is 0 Å². The summed E-state index contributed by atoms with van der Waals surface area (Å²) < 4.78 is 5.50. The van der Waals surface area contributed by atoms with E-state index >= 15 is 0 Å². The van der Waals surface area contributed by atoms with Gasteiger partial charge in [0.25, 0.3) is 0 Å². The summed E-state index contributed by atoms with van der Waals surface area (Å²) in [6.07, 6.45) is 0.875. The fraction of sp³-hybridized carbons (Fsp3) is 0.0909. The molecule has 0 N–H and O–H groups in total. The molecule has 0 saturated heterocycles. The van der Waals surface area contributed by atoms with Crippen molar-refractivity contribution in [3.63, 3.8) is 0 Å². The molecule has 1 heteroatoms. The van der Waals surface area contributed by atoms with Crippen molar-refractivity contribution < 1.29 is 4.74 Å². The number of fused-ring (bicyclic) bond motifs is 2. The minimum absolute atomic E-state index is 0.875. The molecule has 0 radical (unpaired) electrons. The van der Waals surface area contributed by atoms with Gasteiger partial charge in [-0.2, -0.15) is 0 Å². The van der Waals surface area contributed by atoms with E-state index in [0.717, 1.165) is 12.2 Å². The highest BCUT2D eigenvalue weighted by Gasteiger charge is 2.07. The van der Waals surface area contributed by atoms with Gasteiger partial charge in [0, 0.05) is 6.42 Å². The zero-order valence-electron chi connectivity index (χ0n) is 13.1. The summed E-state index contributed by atoms with van der Waals surface area (Å²) in [6, 6.07) is 27.9. The maximum absolute atomic E-state index is 5.50. The molecule has 0 heterocycles. The van der Waals surface area contributed by atoms with Gasteiger partial charge < -0.3 is 4.74 Å². The maximum atomic E-state index is 5.50. The fourth-order valence-electron chi connectivity index (χ4n) is 3.24. The lowest BCUT2D eigenvalue weighted by molar-refractivity contribution is 0.410. The van der Waals surface area contributed by atoms with Crippen LogP contribution >= 0.6 is 0 Å². The van der Waals surface area contributed by atoms with Crippen LogP contribution in [0.1, 0.15) is 11.1 Å². The third-order valence-electron chi connectivity index (χ3n) is 4.41. The average Bonchev–Trinajstić information content (AvgIpc) is 2.61. The summed E-state index contributed by atoms with van der Waals surface area (Å²) >= 11 is 0. The normalized spacial score (nSPS) is 11.0. The summed E-state index contributed by atoms with van der Waals surface area (Å²) in [5, 5.41) is 5.18. The zero-order chi connectivity index (χ0) is 15.6. The lowest BCUT2D eigenvalue weighted by Gasteiger charge is -2.11. The molecular formula is C22H18O. The number of rotatable bonds is 3. The molecule has 0 saturated carbocycles. The van der Waals surface area contributed by atoms with E-state index in [4.69, 9.17) is 4.74 Å². The van der Waals surface area contributed by atoms with Gasteiger partial charge in [0.1, 0.15) is 5.75 Å². The van der Waals surface area contributed by atoms with E-state index in [0.29, 0.717) is 0 Å². The fourth-order valence-corrected chi connectivity index (χ4v) is 3.24. The van der Waals surface area contributed by atoms with Crippen LogP contribution in [0.15, 0.2) is 78.9 Å². The second kappa shape index (κ2) is 5.77. The zero-order valence-corrected chi connectivity index (χ0v) is 13.1. The van der Waals surface area contributed by atoms with Gasteiger partial charge in [-0.1, -0.05) is 60.7 Å². The Balaban J connectivity index is 1.88. The number of benzene rings is 4. The van der Waals surface area contributed by atoms with Crippen LogP contribution in [0, 0.1) is 0 Å². The molecule has 0 atom stereocenters. The van der Waals surface area contributed by atoms with Gasteiger partial charge in [-0.05, 0) is 50.9 Å². The van der Waals surface area contributed by atoms with E-state index in [1.807, 2.05) is 12.1 Å². The molecule has 0 fully saturated rings. The molecule has 0 spiro atoms. The first-order valence-electron chi connectivity index (χ1n) is 7.87. The van der Waals surface area contributed by atoms with Gasteiger partial charge in [0.05, 0.1) is 7.11 Å². The summed E-state index contributed by atoms with van der Waals surface area (Å²) in [5.41, 5.74) is 2.55. The second-order valence-corrected chi connectivity index (χ2v) is 5.83. The minimum atomic E-state index is 0.875. The van der Waals surface area contributed by atoms with Crippen LogP contribution in [-0.4, -0.2) is 7.11 Å². The van der Waals surface area contributed by atoms with Crippen molar-refractivity contribution >= 4 is 21.5 Å². The number of para-hydroxylation sites is 1.